The third kappa shape index (κ3) is 2.26. The van der Waals surface area contributed by atoms with Crippen LogP contribution in [0.25, 0.3) is 0 Å². The van der Waals surface area contributed by atoms with Crippen LogP contribution in [0.15, 0.2) is 0 Å². The zero-order chi connectivity index (χ0) is 10.1. The molecule has 0 atom stereocenters. The van der Waals surface area contributed by atoms with Crippen molar-refractivity contribution in [1.29, 1.82) is 0 Å². The number of hydrogen-bond donors (Lipinski definition) is 1. The van der Waals surface area contributed by atoms with E-state index in [9.17, 15) is 0 Å². The minimum atomic E-state index is 0.660. The van der Waals surface area contributed by atoms with Gasteiger partial charge in [0, 0.05) is 30.4 Å². The second-order valence-electron chi connectivity index (χ2n) is 4.97. The third-order valence-corrected chi connectivity index (χ3v) is 4.15. The molecule has 0 aromatic rings. The van der Waals surface area contributed by atoms with E-state index in [1.807, 2.05) is 0 Å². The van der Waals surface area contributed by atoms with Gasteiger partial charge in [0.1, 0.15) is 0 Å². The average molecular weight is 214 g/mol. The molecule has 2 aliphatic rings. The van der Waals surface area contributed by atoms with E-state index >= 15 is 0 Å². The topological polar surface area (TPSA) is 6.48 Å². The molecule has 0 radical (unpaired) electrons. The van der Waals surface area contributed by atoms with Crippen molar-refractivity contribution in [1.82, 2.24) is 9.80 Å². The Morgan fingerprint density at radius 1 is 1.14 bits per heavy atom. The minimum absolute atomic E-state index is 0.660. The standard InChI is InChI=1S/C11H22N2S/c1-9(2)13-7-10(8-13)12-5-3-11(14)4-6-12/h9-11,14H,3-8H2,1-2H3. The molecule has 2 heterocycles. The summed E-state index contributed by atoms with van der Waals surface area (Å²) in [6.07, 6.45) is 2.56. The van der Waals surface area contributed by atoms with Gasteiger partial charge < -0.3 is 0 Å². The quantitative estimate of drug-likeness (QED) is 0.696. The van der Waals surface area contributed by atoms with Crippen molar-refractivity contribution in [3.8, 4) is 0 Å². The van der Waals surface area contributed by atoms with E-state index in [-0.39, 0.29) is 0 Å². The Morgan fingerprint density at radius 2 is 1.71 bits per heavy atom. The van der Waals surface area contributed by atoms with E-state index in [4.69, 9.17) is 0 Å². The molecule has 0 aliphatic carbocycles. The van der Waals surface area contributed by atoms with Gasteiger partial charge in [-0.3, -0.25) is 9.80 Å². The summed E-state index contributed by atoms with van der Waals surface area (Å²) < 4.78 is 0. The molecule has 2 rings (SSSR count). The zero-order valence-electron chi connectivity index (χ0n) is 9.32. The van der Waals surface area contributed by atoms with Crippen molar-refractivity contribution >= 4 is 12.6 Å². The highest BCUT2D eigenvalue weighted by Crippen LogP contribution is 2.23. The molecular weight excluding hydrogens is 192 g/mol. The summed E-state index contributed by atoms with van der Waals surface area (Å²) in [6.45, 7) is 9.69. The van der Waals surface area contributed by atoms with Crippen molar-refractivity contribution in [2.75, 3.05) is 26.2 Å². The largest absolute Gasteiger partial charge is 0.298 e. The molecule has 0 unspecified atom stereocenters. The van der Waals surface area contributed by atoms with Crippen LogP contribution in [-0.2, 0) is 0 Å². The molecule has 14 heavy (non-hydrogen) atoms. The summed E-state index contributed by atoms with van der Waals surface area (Å²) in [5, 5.41) is 0.660. The van der Waals surface area contributed by atoms with E-state index in [0.717, 1.165) is 12.1 Å². The van der Waals surface area contributed by atoms with Crippen molar-refractivity contribution in [2.45, 2.75) is 44.0 Å². The summed E-state index contributed by atoms with van der Waals surface area (Å²) >= 11 is 4.53. The highest BCUT2D eigenvalue weighted by atomic mass is 32.1. The summed E-state index contributed by atoms with van der Waals surface area (Å²) in [6, 6.07) is 1.58. The SMILES string of the molecule is CC(C)N1CC(N2CCC(S)CC2)C1. The van der Waals surface area contributed by atoms with Crippen LogP contribution in [0.2, 0.25) is 0 Å². The lowest BCUT2D eigenvalue weighted by Crippen LogP contribution is -2.62. The van der Waals surface area contributed by atoms with Crippen LogP contribution in [0, 0.1) is 0 Å². The summed E-state index contributed by atoms with van der Waals surface area (Å²) in [5.41, 5.74) is 0. The highest BCUT2D eigenvalue weighted by molar-refractivity contribution is 7.80. The van der Waals surface area contributed by atoms with Crippen LogP contribution >= 0.6 is 12.6 Å². The lowest BCUT2D eigenvalue weighted by atomic mass is 10.0. The smallest absolute Gasteiger partial charge is 0.0350 e. The Hall–Kier alpha value is 0.270. The fourth-order valence-electron chi connectivity index (χ4n) is 2.39. The Labute approximate surface area is 93.1 Å². The number of hydrogen-bond acceptors (Lipinski definition) is 3. The first-order valence-corrected chi connectivity index (χ1v) is 6.34. The lowest BCUT2D eigenvalue weighted by molar-refractivity contribution is 0.00617. The molecule has 2 fully saturated rings. The van der Waals surface area contributed by atoms with Crippen LogP contribution in [0.1, 0.15) is 26.7 Å². The molecule has 2 aliphatic heterocycles. The molecular formula is C11H22N2S. The maximum Gasteiger partial charge on any atom is 0.0350 e. The van der Waals surface area contributed by atoms with Crippen molar-refractivity contribution < 1.29 is 0 Å². The molecule has 0 amide bonds. The highest BCUT2D eigenvalue weighted by Gasteiger charge is 2.34. The normalized spacial score (nSPS) is 28.3. The fourth-order valence-corrected chi connectivity index (χ4v) is 2.62. The maximum atomic E-state index is 4.53. The van der Waals surface area contributed by atoms with Gasteiger partial charge in [0.05, 0.1) is 0 Å². The van der Waals surface area contributed by atoms with Crippen LogP contribution in [0.4, 0.5) is 0 Å². The Kier molecular flexibility index (Phi) is 3.40. The minimum Gasteiger partial charge on any atom is -0.298 e. The molecule has 0 bridgehead atoms. The lowest BCUT2D eigenvalue weighted by Gasteiger charge is -2.49. The van der Waals surface area contributed by atoms with Crippen molar-refractivity contribution in [3.63, 3.8) is 0 Å². The molecule has 82 valence electrons. The number of thiol groups is 1. The Balaban J connectivity index is 1.72. The monoisotopic (exact) mass is 214 g/mol. The van der Waals surface area contributed by atoms with E-state index in [1.54, 1.807) is 0 Å². The van der Waals surface area contributed by atoms with E-state index in [2.05, 4.69) is 36.3 Å². The second-order valence-corrected chi connectivity index (χ2v) is 5.70. The van der Waals surface area contributed by atoms with Gasteiger partial charge in [-0.2, -0.15) is 12.6 Å². The predicted molar refractivity (Wildman–Crippen MR) is 64.1 cm³/mol. The number of nitrogens with zero attached hydrogens (tertiary/aromatic N) is 2. The van der Waals surface area contributed by atoms with Gasteiger partial charge in [-0.15, -0.1) is 0 Å². The van der Waals surface area contributed by atoms with Gasteiger partial charge in [0.25, 0.3) is 0 Å². The first-order chi connectivity index (χ1) is 6.66. The molecule has 0 spiro atoms. The van der Waals surface area contributed by atoms with Gasteiger partial charge in [-0.25, -0.2) is 0 Å². The molecule has 3 heteroatoms. The molecule has 2 saturated heterocycles. The predicted octanol–water partition coefficient (Wildman–Crippen LogP) is 1.47. The Morgan fingerprint density at radius 3 is 2.21 bits per heavy atom. The summed E-state index contributed by atoms with van der Waals surface area (Å²) in [4.78, 5) is 5.21. The Bertz CT molecular complexity index is 182. The van der Waals surface area contributed by atoms with Crippen molar-refractivity contribution in [2.24, 2.45) is 0 Å². The number of piperidine rings is 1. The van der Waals surface area contributed by atoms with Gasteiger partial charge in [0.15, 0.2) is 0 Å². The molecule has 0 saturated carbocycles. The van der Waals surface area contributed by atoms with Crippen LogP contribution < -0.4 is 0 Å². The first kappa shape index (κ1) is 10.8. The summed E-state index contributed by atoms with van der Waals surface area (Å²) in [7, 11) is 0. The van der Waals surface area contributed by atoms with Crippen LogP contribution in [0.3, 0.4) is 0 Å². The van der Waals surface area contributed by atoms with E-state index in [1.165, 1.54) is 39.0 Å². The molecule has 0 N–H and O–H groups in total. The number of rotatable bonds is 2. The van der Waals surface area contributed by atoms with Crippen LogP contribution in [0.5, 0.6) is 0 Å². The van der Waals surface area contributed by atoms with Gasteiger partial charge in [-0.1, -0.05) is 0 Å². The van der Waals surface area contributed by atoms with Gasteiger partial charge in [0.2, 0.25) is 0 Å². The fraction of sp³-hybridized carbons (Fsp3) is 1.00. The molecule has 0 aromatic heterocycles. The maximum absolute atomic E-state index is 4.53. The number of likely N-dealkylation sites (tertiary alicyclic amines) is 2. The zero-order valence-corrected chi connectivity index (χ0v) is 10.2. The summed E-state index contributed by atoms with van der Waals surface area (Å²) in [5.74, 6) is 0. The molecule has 0 aromatic carbocycles. The molecule has 2 nitrogen and oxygen atoms in total. The van der Waals surface area contributed by atoms with E-state index < -0.39 is 0 Å². The van der Waals surface area contributed by atoms with Gasteiger partial charge in [-0.05, 0) is 39.8 Å². The first-order valence-electron chi connectivity index (χ1n) is 5.83. The second kappa shape index (κ2) is 4.42. The average Bonchev–Trinajstić information content (AvgIpc) is 2.05. The van der Waals surface area contributed by atoms with E-state index in [0.29, 0.717) is 5.25 Å². The van der Waals surface area contributed by atoms with Gasteiger partial charge >= 0.3 is 0 Å². The third-order valence-electron chi connectivity index (χ3n) is 3.64. The van der Waals surface area contributed by atoms with Crippen LogP contribution in [-0.4, -0.2) is 53.3 Å². The van der Waals surface area contributed by atoms with Crippen molar-refractivity contribution in [3.05, 3.63) is 0 Å².